The highest BCUT2D eigenvalue weighted by molar-refractivity contribution is 6.28. The molecule has 0 heterocycles. The maximum atomic E-state index is 5.31. The summed E-state index contributed by atoms with van der Waals surface area (Å²) in [7, 11) is -0.788. The van der Waals surface area contributed by atoms with Crippen LogP contribution in [0.15, 0.2) is 12.3 Å². The Kier molecular flexibility index (Phi) is 7.14. The van der Waals surface area contributed by atoms with Crippen molar-refractivity contribution in [1.29, 1.82) is 0 Å². The normalized spacial score (nSPS) is 11.3. The van der Waals surface area contributed by atoms with Crippen molar-refractivity contribution in [1.82, 2.24) is 0 Å². The highest BCUT2D eigenvalue weighted by atomic mass is 28.2. The van der Waals surface area contributed by atoms with Crippen molar-refractivity contribution in [3.63, 3.8) is 0 Å². The van der Waals surface area contributed by atoms with Gasteiger partial charge in [0.15, 0.2) is 5.91 Å². The standard InChI is InChI=1S/C8H18O3Si/c1-5-9-8(10-6-2)12-11-7(3)4/h8H,3,5-6,12H2,1-2,4H3. The van der Waals surface area contributed by atoms with Gasteiger partial charge in [-0.05, 0) is 20.8 Å². The third-order valence-corrected chi connectivity index (χ3v) is 2.57. The molecule has 0 amide bonds. The molecule has 4 heteroatoms. The average molecular weight is 190 g/mol. The third-order valence-electron chi connectivity index (χ3n) is 1.17. The molecule has 0 atom stereocenters. The monoisotopic (exact) mass is 190 g/mol. The fourth-order valence-corrected chi connectivity index (χ4v) is 1.81. The Balaban J connectivity index is 3.54. The topological polar surface area (TPSA) is 27.7 Å². The molecule has 0 saturated heterocycles. The molecule has 0 aliphatic carbocycles. The SMILES string of the molecule is C=C(C)O[SiH2]C(OCC)OCC. The Labute approximate surface area is 76.6 Å². The Morgan fingerprint density at radius 1 is 1.33 bits per heavy atom. The van der Waals surface area contributed by atoms with Gasteiger partial charge in [-0.1, -0.05) is 6.58 Å². The summed E-state index contributed by atoms with van der Waals surface area (Å²) >= 11 is 0. The summed E-state index contributed by atoms with van der Waals surface area (Å²) in [5.74, 6) is 0.614. The van der Waals surface area contributed by atoms with Crippen LogP contribution < -0.4 is 0 Å². The van der Waals surface area contributed by atoms with Crippen molar-refractivity contribution in [3.05, 3.63) is 12.3 Å². The number of rotatable bonds is 7. The third kappa shape index (κ3) is 6.39. The highest BCUT2D eigenvalue weighted by Gasteiger charge is 2.09. The second-order valence-corrected chi connectivity index (χ2v) is 3.64. The second kappa shape index (κ2) is 7.33. The molecule has 0 radical (unpaired) electrons. The van der Waals surface area contributed by atoms with Crippen molar-refractivity contribution in [2.24, 2.45) is 0 Å². The quantitative estimate of drug-likeness (QED) is 0.340. The van der Waals surface area contributed by atoms with Gasteiger partial charge in [-0.2, -0.15) is 0 Å². The van der Waals surface area contributed by atoms with Gasteiger partial charge in [0.2, 0.25) is 0 Å². The molecule has 0 N–H and O–H groups in total. The summed E-state index contributed by atoms with van der Waals surface area (Å²) in [4.78, 5) is 0. The molecule has 72 valence electrons. The van der Waals surface area contributed by atoms with Crippen LogP contribution in [0.1, 0.15) is 20.8 Å². The predicted molar refractivity (Wildman–Crippen MR) is 51.5 cm³/mol. The average Bonchev–Trinajstić information content (AvgIpc) is 2.01. The summed E-state index contributed by atoms with van der Waals surface area (Å²) in [6.45, 7) is 10.7. The molecule has 0 bridgehead atoms. The van der Waals surface area contributed by atoms with E-state index in [1.165, 1.54) is 0 Å². The van der Waals surface area contributed by atoms with Crippen LogP contribution >= 0.6 is 0 Å². The van der Waals surface area contributed by atoms with Gasteiger partial charge in [0, 0.05) is 13.2 Å². The van der Waals surface area contributed by atoms with Crippen molar-refractivity contribution in [2.45, 2.75) is 26.7 Å². The van der Waals surface area contributed by atoms with Gasteiger partial charge >= 0.3 is 0 Å². The van der Waals surface area contributed by atoms with Gasteiger partial charge in [-0.3, -0.25) is 0 Å². The molecule has 0 spiro atoms. The summed E-state index contributed by atoms with van der Waals surface area (Å²) in [6, 6.07) is 0. The zero-order valence-corrected chi connectivity index (χ0v) is 9.54. The molecule has 0 aliphatic rings. The number of hydrogen-bond acceptors (Lipinski definition) is 3. The van der Waals surface area contributed by atoms with Crippen molar-refractivity contribution >= 4 is 9.76 Å². The number of ether oxygens (including phenoxy) is 2. The highest BCUT2D eigenvalue weighted by Crippen LogP contribution is 1.97. The smallest absolute Gasteiger partial charge is 0.278 e. The van der Waals surface area contributed by atoms with Crippen LogP contribution in [0.3, 0.4) is 0 Å². The molecule has 0 fully saturated rings. The molecular formula is C8H18O3Si. The Morgan fingerprint density at radius 3 is 2.17 bits per heavy atom. The maximum Gasteiger partial charge on any atom is 0.278 e. The van der Waals surface area contributed by atoms with Gasteiger partial charge < -0.3 is 13.9 Å². The van der Waals surface area contributed by atoms with Crippen molar-refractivity contribution < 1.29 is 13.9 Å². The zero-order valence-electron chi connectivity index (χ0n) is 8.13. The van der Waals surface area contributed by atoms with E-state index in [4.69, 9.17) is 13.9 Å². The van der Waals surface area contributed by atoms with E-state index in [1.54, 1.807) is 0 Å². The summed E-state index contributed by atoms with van der Waals surface area (Å²) in [6.07, 6.45) is 0. The molecule has 0 aromatic heterocycles. The van der Waals surface area contributed by atoms with Gasteiger partial charge in [-0.25, -0.2) is 0 Å². The van der Waals surface area contributed by atoms with Gasteiger partial charge in [0.25, 0.3) is 9.76 Å². The van der Waals surface area contributed by atoms with E-state index in [1.807, 2.05) is 20.8 Å². The second-order valence-electron chi connectivity index (χ2n) is 2.35. The Morgan fingerprint density at radius 2 is 1.83 bits per heavy atom. The van der Waals surface area contributed by atoms with Crippen LogP contribution in [-0.4, -0.2) is 28.9 Å². The molecule has 3 nitrogen and oxygen atoms in total. The first-order valence-electron chi connectivity index (χ1n) is 4.22. The Hall–Kier alpha value is -0.323. The van der Waals surface area contributed by atoms with Crippen LogP contribution in [0.2, 0.25) is 0 Å². The fourth-order valence-electron chi connectivity index (χ4n) is 0.726. The van der Waals surface area contributed by atoms with Gasteiger partial charge in [0.1, 0.15) is 0 Å². The van der Waals surface area contributed by atoms with Gasteiger partial charge in [-0.15, -0.1) is 0 Å². The van der Waals surface area contributed by atoms with Crippen LogP contribution in [0.25, 0.3) is 0 Å². The number of allylic oxidation sites excluding steroid dienone is 1. The lowest BCUT2D eigenvalue weighted by atomic mass is 10.7. The molecule has 0 rings (SSSR count). The summed E-state index contributed by atoms with van der Waals surface area (Å²) < 4.78 is 15.9. The largest absolute Gasteiger partial charge is 0.548 e. The first kappa shape index (κ1) is 11.7. The minimum Gasteiger partial charge on any atom is -0.548 e. The van der Waals surface area contributed by atoms with Crippen molar-refractivity contribution in [3.8, 4) is 0 Å². The van der Waals surface area contributed by atoms with E-state index in [0.29, 0.717) is 13.2 Å². The molecule has 0 aliphatic heterocycles. The summed E-state index contributed by atoms with van der Waals surface area (Å²) in [5, 5.41) is 0. The van der Waals surface area contributed by atoms with Crippen LogP contribution in [0, 0.1) is 0 Å². The van der Waals surface area contributed by atoms with E-state index in [9.17, 15) is 0 Å². The van der Waals surface area contributed by atoms with Crippen LogP contribution in [0.5, 0.6) is 0 Å². The van der Waals surface area contributed by atoms with E-state index in [-0.39, 0.29) is 5.91 Å². The van der Waals surface area contributed by atoms with Crippen LogP contribution in [0.4, 0.5) is 0 Å². The molecular weight excluding hydrogens is 172 g/mol. The molecule has 0 unspecified atom stereocenters. The lowest BCUT2D eigenvalue weighted by Crippen LogP contribution is -2.26. The molecule has 0 aromatic carbocycles. The zero-order chi connectivity index (χ0) is 9.40. The van der Waals surface area contributed by atoms with Crippen molar-refractivity contribution in [2.75, 3.05) is 13.2 Å². The maximum absolute atomic E-state index is 5.31. The van der Waals surface area contributed by atoms with E-state index in [2.05, 4.69) is 6.58 Å². The number of hydrogen-bond donors (Lipinski definition) is 0. The van der Waals surface area contributed by atoms with E-state index in [0.717, 1.165) is 5.76 Å². The first-order chi connectivity index (χ1) is 5.70. The van der Waals surface area contributed by atoms with E-state index < -0.39 is 9.76 Å². The van der Waals surface area contributed by atoms with E-state index >= 15 is 0 Å². The van der Waals surface area contributed by atoms with Gasteiger partial charge in [0.05, 0.1) is 5.76 Å². The van der Waals surface area contributed by atoms with Crippen LogP contribution in [-0.2, 0) is 13.9 Å². The molecule has 0 aromatic rings. The summed E-state index contributed by atoms with van der Waals surface area (Å²) in [5.41, 5.74) is 0. The minimum atomic E-state index is -0.788. The molecule has 12 heavy (non-hydrogen) atoms. The Bertz CT molecular complexity index is 121. The fraction of sp³-hybridized carbons (Fsp3) is 0.750. The predicted octanol–water partition coefficient (Wildman–Crippen LogP) is 0.977. The molecule has 0 saturated carbocycles. The first-order valence-corrected chi connectivity index (χ1v) is 5.61. The lowest BCUT2D eigenvalue weighted by Gasteiger charge is -2.16. The minimum absolute atomic E-state index is 0.128. The lowest BCUT2D eigenvalue weighted by molar-refractivity contribution is -0.0885.